The van der Waals surface area contributed by atoms with Crippen LogP contribution in [0.3, 0.4) is 0 Å². The third-order valence-electron chi connectivity index (χ3n) is 6.94. The molecule has 3 aliphatic rings. The molecule has 1 N–H and O–H groups in total. The van der Waals surface area contributed by atoms with E-state index in [1.807, 2.05) is 0 Å². The van der Waals surface area contributed by atoms with E-state index in [9.17, 15) is 9.59 Å². The SMILES string of the molecule is COc1ccc(OC)c(N2C[C@H](C(=O)NC[C@@H]3CCCN4CCCC[C@@H]34)CC2=O)c1. The normalized spacial score (nSPS) is 26.9. The Labute approximate surface area is 178 Å². The zero-order valence-electron chi connectivity index (χ0n) is 18.1. The van der Waals surface area contributed by atoms with E-state index < -0.39 is 0 Å². The van der Waals surface area contributed by atoms with Crippen molar-refractivity contribution in [3.8, 4) is 11.5 Å². The fourth-order valence-corrected chi connectivity index (χ4v) is 5.32. The van der Waals surface area contributed by atoms with E-state index in [2.05, 4.69) is 10.2 Å². The Balaban J connectivity index is 1.37. The van der Waals surface area contributed by atoms with E-state index in [1.165, 1.54) is 45.2 Å². The second kappa shape index (κ2) is 9.25. The van der Waals surface area contributed by atoms with Gasteiger partial charge in [0.1, 0.15) is 11.5 Å². The average Bonchev–Trinajstić information content (AvgIpc) is 3.18. The van der Waals surface area contributed by atoms with Crippen molar-refractivity contribution in [3.05, 3.63) is 18.2 Å². The van der Waals surface area contributed by atoms with E-state index in [0.717, 1.165) is 0 Å². The topological polar surface area (TPSA) is 71.1 Å². The van der Waals surface area contributed by atoms with Crippen molar-refractivity contribution in [2.75, 3.05) is 45.3 Å². The van der Waals surface area contributed by atoms with Crippen LogP contribution < -0.4 is 19.7 Å². The Bertz CT molecular complexity index is 782. The molecule has 0 bridgehead atoms. The summed E-state index contributed by atoms with van der Waals surface area (Å²) >= 11 is 0. The van der Waals surface area contributed by atoms with Crippen LogP contribution in [0.15, 0.2) is 18.2 Å². The molecule has 3 saturated heterocycles. The van der Waals surface area contributed by atoms with Crippen LogP contribution in [-0.2, 0) is 9.59 Å². The first-order valence-electron chi connectivity index (χ1n) is 11.1. The number of benzene rings is 1. The molecule has 0 saturated carbocycles. The van der Waals surface area contributed by atoms with Gasteiger partial charge in [-0.15, -0.1) is 0 Å². The lowest BCUT2D eigenvalue weighted by molar-refractivity contribution is -0.126. The zero-order valence-corrected chi connectivity index (χ0v) is 18.1. The molecule has 1 aromatic rings. The number of piperidine rings is 2. The van der Waals surface area contributed by atoms with Crippen LogP contribution in [0.2, 0.25) is 0 Å². The highest BCUT2D eigenvalue weighted by atomic mass is 16.5. The van der Waals surface area contributed by atoms with Gasteiger partial charge in [0.2, 0.25) is 11.8 Å². The van der Waals surface area contributed by atoms with Crippen molar-refractivity contribution in [3.63, 3.8) is 0 Å². The van der Waals surface area contributed by atoms with E-state index >= 15 is 0 Å². The molecule has 2 amide bonds. The number of fused-ring (bicyclic) bond motifs is 1. The first-order chi connectivity index (χ1) is 14.6. The molecule has 30 heavy (non-hydrogen) atoms. The van der Waals surface area contributed by atoms with Gasteiger partial charge >= 0.3 is 0 Å². The van der Waals surface area contributed by atoms with Crippen LogP contribution >= 0.6 is 0 Å². The number of rotatable bonds is 6. The van der Waals surface area contributed by atoms with Gasteiger partial charge in [0.25, 0.3) is 0 Å². The first-order valence-corrected chi connectivity index (χ1v) is 11.1. The van der Waals surface area contributed by atoms with Crippen molar-refractivity contribution in [2.45, 2.75) is 44.6 Å². The summed E-state index contributed by atoms with van der Waals surface area (Å²) in [4.78, 5) is 29.8. The third-order valence-corrected chi connectivity index (χ3v) is 6.94. The molecule has 0 spiro atoms. The lowest BCUT2D eigenvalue weighted by Crippen LogP contribution is -2.51. The van der Waals surface area contributed by atoms with Crippen LogP contribution in [0, 0.1) is 11.8 Å². The average molecular weight is 416 g/mol. The Morgan fingerprint density at radius 2 is 1.97 bits per heavy atom. The minimum atomic E-state index is -0.334. The summed E-state index contributed by atoms with van der Waals surface area (Å²) < 4.78 is 10.7. The van der Waals surface area contributed by atoms with Gasteiger partial charge in [-0.1, -0.05) is 6.42 Å². The summed E-state index contributed by atoms with van der Waals surface area (Å²) in [6.07, 6.45) is 6.45. The molecule has 3 aliphatic heterocycles. The van der Waals surface area contributed by atoms with Crippen LogP contribution in [0.25, 0.3) is 0 Å². The van der Waals surface area contributed by atoms with Crippen molar-refractivity contribution in [1.82, 2.24) is 10.2 Å². The number of carbonyl (C=O) groups is 2. The molecule has 3 atom stereocenters. The molecule has 1 aromatic carbocycles. The highest BCUT2D eigenvalue weighted by Crippen LogP contribution is 2.36. The summed E-state index contributed by atoms with van der Waals surface area (Å²) in [7, 11) is 3.17. The number of nitrogens with one attached hydrogen (secondary N) is 1. The predicted molar refractivity (Wildman–Crippen MR) is 115 cm³/mol. The lowest BCUT2D eigenvalue weighted by atomic mass is 9.83. The van der Waals surface area contributed by atoms with Crippen LogP contribution in [0.4, 0.5) is 5.69 Å². The monoisotopic (exact) mass is 415 g/mol. The molecule has 0 aliphatic carbocycles. The number of anilines is 1. The number of nitrogens with zero attached hydrogens (tertiary/aromatic N) is 2. The molecule has 0 unspecified atom stereocenters. The van der Waals surface area contributed by atoms with Gasteiger partial charge in [-0.25, -0.2) is 0 Å². The maximum absolute atomic E-state index is 12.9. The second-order valence-corrected chi connectivity index (χ2v) is 8.69. The van der Waals surface area contributed by atoms with Gasteiger partial charge in [-0.05, 0) is 56.8 Å². The number of hydrogen-bond acceptors (Lipinski definition) is 5. The second-order valence-electron chi connectivity index (χ2n) is 8.69. The minimum absolute atomic E-state index is 0.0133. The quantitative estimate of drug-likeness (QED) is 0.773. The number of amides is 2. The zero-order chi connectivity index (χ0) is 21.1. The standard InChI is InChI=1S/C23H33N3O4/c1-29-18-8-9-21(30-2)20(13-18)26-15-17(12-22(26)27)23(28)24-14-16-6-5-11-25-10-4-3-7-19(16)25/h8-9,13,16-17,19H,3-7,10-12,14-15H2,1-2H3,(H,24,28)/t16-,17+,19-/m0/s1. The van der Waals surface area contributed by atoms with E-state index in [1.54, 1.807) is 37.3 Å². The van der Waals surface area contributed by atoms with Crippen molar-refractivity contribution in [2.24, 2.45) is 11.8 Å². The molecule has 3 heterocycles. The first kappa shape index (κ1) is 21.0. The fourth-order valence-electron chi connectivity index (χ4n) is 5.32. The van der Waals surface area contributed by atoms with Crippen molar-refractivity contribution < 1.29 is 19.1 Å². The van der Waals surface area contributed by atoms with Gasteiger partial charge < -0.3 is 24.6 Å². The van der Waals surface area contributed by atoms with E-state index in [4.69, 9.17) is 9.47 Å². The van der Waals surface area contributed by atoms with Gasteiger partial charge in [-0.3, -0.25) is 9.59 Å². The summed E-state index contributed by atoms with van der Waals surface area (Å²) in [6.45, 7) is 3.48. The van der Waals surface area contributed by atoms with Crippen LogP contribution in [0.5, 0.6) is 11.5 Å². The van der Waals surface area contributed by atoms with Crippen LogP contribution in [0.1, 0.15) is 38.5 Å². The number of ether oxygens (including phenoxy) is 2. The minimum Gasteiger partial charge on any atom is -0.497 e. The molecule has 7 heteroatoms. The molecular formula is C23H33N3O4. The predicted octanol–water partition coefficient (Wildman–Crippen LogP) is 2.44. The summed E-state index contributed by atoms with van der Waals surface area (Å²) in [5.74, 6) is 1.37. The maximum Gasteiger partial charge on any atom is 0.227 e. The van der Waals surface area contributed by atoms with Gasteiger partial charge in [0.15, 0.2) is 0 Å². The lowest BCUT2D eigenvalue weighted by Gasteiger charge is -2.44. The summed E-state index contributed by atoms with van der Waals surface area (Å²) in [5, 5.41) is 3.17. The number of hydrogen-bond donors (Lipinski definition) is 1. The number of methoxy groups -OCH3 is 2. The molecule has 4 rings (SSSR count). The van der Waals surface area contributed by atoms with Crippen LogP contribution in [-0.4, -0.2) is 63.2 Å². The molecule has 0 radical (unpaired) electrons. The van der Waals surface area contributed by atoms with E-state index in [-0.39, 0.29) is 24.2 Å². The smallest absolute Gasteiger partial charge is 0.227 e. The van der Waals surface area contributed by atoms with Gasteiger partial charge in [0.05, 0.1) is 25.8 Å². The highest BCUT2D eigenvalue weighted by molar-refractivity contribution is 6.01. The summed E-state index contributed by atoms with van der Waals surface area (Å²) in [5.41, 5.74) is 0.655. The largest absolute Gasteiger partial charge is 0.497 e. The molecule has 164 valence electrons. The Morgan fingerprint density at radius 3 is 2.77 bits per heavy atom. The van der Waals surface area contributed by atoms with Gasteiger partial charge in [-0.2, -0.15) is 0 Å². The van der Waals surface area contributed by atoms with Crippen molar-refractivity contribution in [1.29, 1.82) is 0 Å². The van der Waals surface area contributed by atoms with E-state index in [0.29, 0.717) is 42.2 Å². The third kappa shape index (κ3) is 4.26. The maximum atomic E-state index is 12.9. The summed E-state index contributed by atoms with van der Waals surface area (Å²) in [6, 6.07) is 5.98. The Morgan fingerprint density at radius 1 is 1.13 bits per heavy atom. The van der Waals surface area contributed by atoms with Crippen molar-refractivity contribution >= 4 is 17.5 Å². The Kier molecular flexibility index (Phi) is 6.46. The fraction of sp³-hybridized carbons (Fsp3) is 0.652. The molecular weight excluding hydrogens is 382 g/mol. The number of carbonyl (C=O) groups excluding carboxylic acids is 2. The Hall–Kier alpha value is -2.28. The van der Waals surface area contributed by atoms with Gasteiger partial charge in [0, 0.05) is 31.6 Å². The highest BCUT2D eigenvalue weighted by Gasteiger charge is 2.38. The molecule has 0 aromatic heterocycles. The molecule has 3 fully saturated rings. The molecule has 7 nitrogen and oxygen atoms in total.